The molecule has 2 rings (SSSR count). The summed E-state index contributed by atoms with van der Waals surface area (Å²) in [6.07, 6.45) is -4.32. The highest BCUT2D eigenvalue weighted by Gasteiger charge is 2.28. The summed E-state index contributed by atoms with van der Waals surface area (Å²) in [5, 5.41) is 3.04. The third-order valence-corrected chi connectivity index (χ3v) is 2.18. The lowest BCUT2D eigenvalue weighted by molar-refractivity contribution is -0.153. The van der Waals surface area contributed by atoms with Gasteiger partial charge in [-0.1, -0.05) is 12.1 Å². The first-order valence-corrected chi connectivity index (χ1v) is 5.13. The molecule has 1 heterocycles. The van der Waals surface area contributed by atoms with Crippen molar-refractivity contribution in [3.8, 4) is 5.75 Å². The lowest BCUT2D eigenvalue weighted by Gasteiger charge is -2.10. The predicted octanol–water partition coefficient (Wildman–Crippen LogP) is 1.98. The maximum Gasteiger partial charge on any atom is 0.422 e. The van der Waals surface area contributed by atoms with Gasteiger partial charge in [-0.05, 0) is 12.1 Å². The maximum absolute atomic E-state index is 12.0. The van der Waals surface area contributed by atoms with Crippen LogP contribution in [0.1, 0.15) is 5.56 Å². The highest BCUT2D eigenvalue weighted by atomic mass is 19.4. The van der Waals surface area contributed by atoms with Gasteiger partial charge in [-0.3, -0.25) is 4.99 Å². The van der Waals surface area contributed by atoms with Crippen molar-refractivity contribution in [2.45, 2.75) is 6.18 Å². The van der Waals surface area contributed by atoms with Crippen LogP contribution in [0.5, 0.6) is 5.75 Å². The normalized spacial score (nSPS) is 15.4. The van der Waals surface area contributed by atoms with Crippen LogP contribution in [-0.4, -0.2) is 31.7 Å². The Kier molecular flexibility index (Phi) is 3.21. The number of ether oxygens (including phenoxy) is 1. The van der Waals surface area contributed by atoms with Gasteiger partial charge in [0, 0.05) is 12.1 Å². The summed E-state index contributed by atoms with van der Waals surface area (Å²) in [4.78, 5) is 4.18. The molecule has 0 saturated carbocycles. The first kappa shape index (κ1) is 11.8. The Morgan fingerprint density at radius 1 is 1.35 bits per heavy atom. The van der Waals surface area contributed by atoms with Crippen molar-refractivity contribution in [2.24, 2.45) is 4.99 Å². The van der Waals surface area contributed by atoms with Gasteiger partial charge >= 0.3 is 6.18 Å². The molecule has 0 saturated heterocycles. The van der Waals surface area contributed by atoms with Crippen molar-refractivity contribution in [1.29, 1.82) is 0 Å². The first-order chi connectivity index (χ1) is 8.04. The van der Waals surface area contributed by atoms with Crippen LogP contribution in [0.2, 0.25) is 0 Å². The molecule has 0 radical (unpaired) electrons. The average molecular weight is 244 g/mol. The highest BCUT2D eigenvalue weighted by molar-refractivity contribution is 6.00. The molecular formula is C11H11F3N2O. The minimum atomic E-state index is -4.32. The first-order valence-electron chi connectivity index (χ1n) is 5.13. The van der Waals surface area contributed by atoms with Gasteiger partial charge in [0.1, 0.15) is 11.6 Å². The summed E-state index contributed by atoms with van der Waals surface area (Å²) in [6.45, 7) is 0.155. The third kappa shape index (κ3) is 3.37. The van der Waals surface area contributed by atoms with Crippen molar-refractivity contribution in [1.82, 2.24) is 5.32 Å². The SMILES string of the molecule is FC(F)(F)COc1cccc(C2=NCCN2)c1. The molecule has 0 amide bonds. The van der Waals surface area contributed by atoms with Gasteiger partial charge in [0.05, 0.1) is 6.54 Å². The van der Waals surface area contributed by atoms with E-state index in [-0.39, 0.29) is 5.75 Å². The van der Waals surface area contributed by atoms with E-state index < -0.39 is 12.8 Å². The lowest BCUT2D eigenvalue weighted by atomic mass is 10.2. The number of rotatable bonds is 3. The van der Waals surface area contributed by atoms with E-state index in [1.165, 1.54) is 6.07 Å². The van der Waals surface area contributed by atoms with Crippen LogP contribution in [0.15, 0.2) is 29.3 Å². The predicted molar refractivity (Wildman–Crippen MR) is 57.4 cm³/mol. The lowest BCUT2D eigenvalue weighted by Crippen LogP contribution is -2.21. The number of halogens is 3. The van der Waals surface area contributed by atoms with Gasteiger partial charge in [0.15, 0.2) is 6.61 Å². The minimum absolute atomic E-state index is 0.191. The zero-order valence-electron chi connectivity index (χ0n) is 8.92. The summed E-state index contributed by atoms with van der Waals surface area (Å²) in [7, 11) is 0. The molecule has 0 fully saturated rings. The number of aliphatic imine (C=N–C) groups is 1. The molecule has 1 N–H and O–H groups in total. The summed E-state index contributed by atoms with van der Waals surface area (Å²) in [6, 6.07) is 6.45. The molecular weight excluding hydrogens is 233 g/mol. The van der Waals surface area contributed by atoms with E-state index in [1.54, 1.807) is 18.2 Å². The van der Waals surface area contributed by atoms with Crippen LogP contribution in [0, 0.1) is 0 Å². The number of nitrogens with one attached hydrogen (secondary N) is 1. The minimum Gasteiger partial charge on any atom is -0.484 e. The van der Waals surface area contributed by atoms with Crippen LogP contribution in [0.25, 0.3) is 0 Å². The zero-order valence-corrected chi connectivity index (χ0v) is 8.92. The molecule has 3 nitrogen and oxygen atoms in total. The molecule has 0 atom stereocenters. The fourth-order valence-corrected chi connectivity index (χ4v) is 1.49. The van der Waals surface area contributed by atoms with Gasteiger partial charge in [-0.15, -0.1) is 0 Å². The molecule has 1 aliphatic heterocycles. The summed E-state index contributed by atoms with van der Waals surface area (Å²) < 4.78 is 40.6. The molecule has 0 spiro atoms. The molecule has 0 bridgehead atoms. The molecule has 1 aliphatic rings. The molecule has 1 aromatic carbocycles. The average Bonchev–Trinajstić information content (AvgIpc) is 2.79. The van der Waals surface area contributed by atoms with Gasteiger partial charge in [-0.25, -0.2) is 0 Å². The molecule has 0 unspecified atom stereocenters. The Morgan fingerprint density at radius 2 is 2.18 bits per heavy atom. The fraction of sp³-hybridized carbons (Fsp3) is 0.364. The zero-order chi connectivity index (χ0) is 12.3. The van der Waals surface area contributed by atoms with Crippen molar-refractivity contribution < 1.29 is 17.9 Å². The third-order valence-electron chi connectivity index (χ3n) is 2.18. The van der Waals surface area contributed by atoms with Crippen LogP contribution in [0.3, 0.4) is 0 Å². The second-order valence-corrected chi connectivity index (χ2v) is 3.59. The van der Waals surface area contributed by atoms with E-state index in [2.05, 4.69) is 15.0 Å². The molecule has 0 aromatic heterocycles. The number of benzene rings is 1. The van der Waals surface area contributed by atoms with E-state index in [0.717, 1.165) is 12.1 Å². The fourth-order valence-electron chi connectivity index (χ4n) is 1.49. The van der Waals surface area contributed by atoms with Crippen LogP contribution in [0.4, 0.5) is 13.2 Å². The number of hydrogen-bond acceptors (Lipinski definition) is 3. The second-order valence-electron chi connectivity index (χ2n) is 3.59. The van der Waals surface area contributed by atoms with Crippen LogP contribution in [-0.2, 0) is 0 Å². The second kappa shape index (κ2) is 4.65. The van der Waals surface area contributed by atoms with Crippen LogP contribution < -0.4 is 10.1 Å². The van der Waals surface area contributed by atoms with Gasteiger partial charge in [0.2, 0.25) is 0 Å². The Morgan fingerprint density at radius 3 is 2.82 bits per heavy atom. The Bertz CT molecular complexity index is 429. The Balaban J connectivity index is 2.06. The Hall–Kier alpha value is -1.72. The van der Waals surface area contributed by atoms with Gasteiger partial charge < -0.3 is 10.1 Å². The van der Waals surface area contributed by atoms with Gasteiger partial charge in [-0.2, -0.15) is 13.2 Å². The highest BCUT2D eigenvalue weighted by Crippen LogP contribution is 2.19. The van der Waals surface area contributed by atoms with Crippen molar-refractivity contribution in [2.75, 3.05) is 19.7 Å². The van der Waals surface area contributed by atoms with E-state index in [9.17, 15) is 13.2 Å². The standard InChI is InChI=1S/C11H11F3N2O/c12-11(13,14)7-17-9-3-1-2-8(6-9)10-15-4-5-16-10/h1-3,6H,4-5,7H2,(H,15,16). The topological polar surface area (TPSA) is 33.6 Å². The smallest absolute Gasteiger partial charge is 0.422 e. The molecule has 92 valence electrons. The summed E-state index contributed by atoms with van der Waals surface area (Å²) >= 11 is 0. The van der Waals surface area contributed by atoms with Crippen molar-refractivity contribution in [3.05, 3.63) is 29.8 Å². The van der Waals surface area contributed by atoms with E-state index >= 15 is 0 Å². The monoisotopic (exact) mass is 244 g/mol. The van der Waals surface area contributed by atoms with E-state index in [1.807, 2.05) is 0 Å². The maximum atomic E-state index is 12.0. The molecule has 0 aliphatic carbocycles. The van der Waals surface area contributed by atoms with Crippen molar-refractivity contribution >= 4 is 5.84 Å². The number of hydrogen-bond donors (Lipinski definition) is 1. The Labute approximate surface area is 96.3 Å². The molecule has 6 heteroatoms. The summed E-state index contributed by atoms with van der Waals surface area (Å²) in [5.74, 6) is 0.888. The molecule has 17 heavy (non-hydrogen) atoms. The van der Waals surface area contributed by atoms with E-state index in [4.69, 9.17) is 0 Å². The number of nitrogens with zero attached hydrogens (tertiary/aromatic N) is 1. The number of amidine groups is 1. The van der Waals surface area contributed by atoms with E-state index in [0.29, 0.717) is 12.4 Å². The van der Waals surface area contributed by atoms with Crippen LogP contribution >= 0.6 is 0 Å². The summed E-state index contributed by atoms with van der Waals surface area (Å²) in [5.41, 5.74) is 0.738. The largest absolute Gasteiger partial charge is 0.484 e. The molecule has 1 aromatic rings. The van der Waals surface area contributed by atoms with Crippen molar-refractivity contribution in [3.63, 3.8) is 0 Å². The quantitative estimate of drug-likeness (QED) is 0.882. The van der Waals surface area contributed by atoms with Gasteiger partial charge in [0.25, 0.3) is 0 Å². The number of alkyl halides is 3.